The van der Waals surface area contributed by atoms with Crippen LogP contribution in [0, 0.1) is 5.92 Å². The van der Waals surface area contributed by atoms with Gasteiger partial charge in [-0.1, -0.05) is 0 Å². The summed E-state index contributed by atoms with van der Waals surface area (Å²) in [5.41, 5.74) is 0. The summed E-state index contributed by atoms with van der Waals surface area (Å²) in [6, 6.07) is 0.360. The second-order valence-electron chi connectivity index (χ2n) is 6.28. The molecule has 0 aromatic rings. The Hall–Kier alpha value is -0.620. The van der Waals surface area contributed by atoms with Crippen LogP contribution in [0.15, 0.2) is 0 Å². The van der Waals surface area contributed by atoms with Gasteiger partial charge in [0, 0.05) is 18.5 Å². The summed E-state index contributed by atoms with van der Waals surface area (Å²) in [6.45, 7) is 0. The molecular weight excluding hydrogens is 266 g/mol. The average molecular weight is 287 g/mol. The SMILES string of the molecule is O=C(CC1CCS(=O)(=O)C1)N1C2CCC1CC(O)C2. The van der Waals surface area contributed by atoms with Crippen LogP contribution in [0.2, 0.25) is 0 Å². The van der Waals surface area contributed by atoms with E-state index in [1.165, 1.54) is 0 Å². The molecule has 19 heavy (non-hydrogen) atoms. The van der Waals surface area contributed by atoms with Crippen molar-refractivity contribution in [3.8, 4) is 0 Å². The van der Waals surface area contributed by atoms with Crippen molar-refractivity contribution in [2.45, 2.75) is 56.7 Å². The van der Waals surface area contributed by atoms with E-state index in [0.717, 1.165) is 12.8 Å². The van der Waals surface area contributed by atoms with Gasteiger partial charge in [0.2, 0.25) is 5.91 Å². The fraction of sp³-hybridized carbons (Fsp3) is 0.923. The first-order valence-corrected chi connectivity index (χ1v) is 8.96. The van der Waals surface area contributed by atoms with E-state index in [-0.39, 0.29) is 41.5 Å². The second kappa shape index (κ2) is 4.74. The first-order chi connectivity index (χ1) is 8.94. The molecule has 108 valence electrons. The van der Waals surface area contributed by atoms with Crippen molar-refractivity contribution in [2.75, 3.05) is 11.5 Å². The molecule has 3 atom stereocenters. The fourth-order valence-electron chi connectivity index (χ4n) is 3.94. The van der Waals surface area contributed by atoms with Crippen molar-refractivity contribution in [3.05, 3.63) is 0 Å². The van der Waals surface area contributed by atoms with E-state index < -0.39 is 9.84 Å². The number of nitrogens with zero attached hydrogens (tertiary/aromatic N) is 1. The molecule has 1 N–H and O–H groups in total. The van der Waals surface area contributed by atoms with Gasteiger partial charge in [0.25, 0.3) is 0 Å². The molecule has 3 aliphatic heterocycles. The van der Waals surface area contributed by atoms with Gasteiger partial charge in [-0.05, 0) is 38.0 Å². The van der Waals surface area contributed by atoms with Gasteiger partial charge in [-0.2, -0.15) is 0 Å². The number of amides is 1. The third kappa shape index (κ3) is 2.65. The lowest BCUT2D eigenvalue weighted by atomic mass is 9.97. The van der Waals surface area contributed by atoms with E-state index in [4.69, 9.17) is 0 Å². The Bertz CT molecular complexity index is 461. The number of piperidine rings is 1. The van der Waals surface area contributed by atoms with Crippen LogP contribution in [0.4, 0.5) is 0 Å². The highest BCUT2D eigenvalue weighted by atomic mass is 32.2. The molecule has 0 aliphatic carbocycles. The van der Waals surface area contributed by atoms with E-state index in [0.29, 0.717) is 25.7 Å². The lowest BCUT2D eigenvalue weighted by molar-refractivity contribution is -0.138. The standard InChI is InChI=1S/C13H21NO4S/c15-12-6-10-1-2-11(7-12)14(10)13(16)5-9-3-4-19(17,18)8-9/h9-12,15H,1-8H2. The number of rotatable bonds is 2. The monoisotopic (exact) mass is 287 g/mol. The van der Waals surface area contributed by atoms with E-state index in [1.54, 1.807) is 0 Å². The predicted molar refractivity (Wildman–Crippen MR) is 70.3 cm³/mol. The molecule has 0 radical (unpaired) electrons. The second-order valence-corrected chi connectivity index (χ2v) is 8.51. The molecule has 0 saturated carbocycles. The molecule has 3 rings (SSSR count). The highest BCUT2D eigenvalue weighted by molar-refractivity contribution is 7.91. The van der Waals surface area contributed by atoms with Crippen LogP contribution in [0.5, 0.6) is 0 Å². The van der Waals surface area contributed by atoms with Crippen LogP contribution in [0.1, 0.15) is 38.5 Å². The van der Waals surface area contributed by atoms with Crippen LogP contribution in [0.3, 0.4) is 0 Å². The fourth-order valence-corrected chi connectivity index (χ4v) is 5.80. The van der Waals surface area contributed by atoms with Crippen LogP contribution in [0.25, 0.3) is 0 Å². The number of aliphatic hydroxyl groups is 1. The van der Waals surface area contributed by atoms with Gasteiger partial charge in [0.1, 0.15) is 0 Å². The van der Waals surface area contributed by atoms with Crippen LogP contribution < -0.4 is 0 Å². The summed E-state index contributed by atoms with van der Waals surface area (Å²) in [5, 5.41) is 9.73. The highest BCUT2D eigenvalue weighted by Crippen LogP contribution is 2.37. The van der Waals surface area contributed by atoms with Crippen molar-refractivity contribution < 1.29 is 18.3 Å². The molecule has 3 fully saturated rings. The van der Waals surface area contributed by atoms with Gasteiger partial charge in [-0.3, -0.25) is 4.79 Å². The Morgan fingerprint density at radius 2 is 1.79 bits per heavy atom. The zero-order valence-corrected chi connectivity index (χ0v) is 11.8. The van der Waals surface area contributed by atoms with Gasteiger partial charge in [0.05, 0.1) is 17.6 Å². The third-order valence-corrected chi connectivity index (χ3v) is 6.62. The van der Waals surface area contributed by atoms with Crippen molar-refractivity contribution in [2.24, 2.45) is 5.92 Å². The largest absolute Gasteiger partial charge is 0.393 e. The summed E-state index contributed by atoms with van der Waals surface area (Å²) in [7, 11) is -2.90. The average Bonchev–Trinajstić information content (AvgIpc) is 2.77. The van der Waals surface area contributed by atoms with Crippen molar-refractivity contribution in [1.29, 1.82) is 0 Å². The number of fused-ring (bicyclic) bond motifs is 2. The molecule has 1 amide bonds. The van der Waals surface area contributed by atoms with Crippen molar-refractivity contribution in [1.82, 2.24) is 4.90 Å². The zero-order chi connectivity index (χ0) is 13.6. The number of carbonyl (C=O) groups is 1. The lowest BCUT2D eigenvalue weighted by Crippen LogP contribution is -2.48. The van der Waals surface area contributed by atoms with E-state index >= 15 is 0 Å². The smallest absolute Gasteiger partial charge is 0.223 e. The topological polar surface area (TPSA) is 74.7 Å². The molecule has 0 aromatic heterocycles. The molecule has 0 aromatic carbocycles. The van der Waals surface area contributed by atoms with E-state index in [9.17, 15) is 18.3 Å². The van der Waals surface area contributed by atoms with Crippen molar-refractivity contribution in [3.63, 3.8) is 0 Å². The molecule has 6 heteroatoms. The number of sulfone groups is 1. The minimum absolute atomic E-state index is 0.00347. The van der Waals surface area contributed by atoms with Gasteiger partial charge in [0.15, 0.2) is 9.84 Å². The highest BCUT2D eigenvalue weighted by Gasteiger charge is 2.43. The predicted octanol–water partition coefficient (Wildman–Crippen LogP) is 0.325. The Morgan fingerprint density at radius 1 is 1.16 bits per heavy atom. The quantitative estimate of drug-likeness (QED) is 0.794. The maximum Gasteiger partial charge on any atom is 0.223 e. The number of carbonyl (C=O) groups excluding carboxylic acids is 1. The maximum absolute atomic E-state index is 12.4. The summed E-state index contributed by atoms with van der Waals surface area (Å²) in [4.78, 5) is 14.3. The Morgan fingerprint density at radius 3 is 2.32 bits per heavy atom. The van der Waals surface area contributed by atoms with Gasteiger partial charge in [-0.15, -0.1) is 0 Å². The van der Waals surface area contributed by atoms with Gasteiger partial charge < -0.3 is 10.0 Å². The Labute approximate surface area is 113 Å². The summed E-state index contributed by atoms with van der Waals surface area (Å²) < 4.78 is 22.8. The Balaban J connectivity index is 1.62. The molecule has 3 heterocycles. The molecular formula is C13H21NO4S. The number of aliphatic hydroxyl groups excluding tert-OH is 1. The van der Waals surface area contributed by atoms with E-state index in [2.05, 4.69) is 0 Å². The van der Waals surface area contributed by atoms with Gasteiger partial charge >= 0.3 is 0 Å². The van der Waals surface area contributed by atoms with E-state index in [1.807, 2.05) is 4.90 Å². The first kappa shape index (κ1) is 13.4. The van der Waals surface area contributed by atoms with Gasteiger partial charge in [-0.25, -0.2) is 8.42 Å². The minimum atomic E-state index is -2.90. The molecule has 3 saturated heterocycles. The molecule has 5 nitrogen and oxygen atoms in total. The lowest BCUT2D eigenvalue weighted by Gasteiger charge is -2.37. The molecule has 3 aliphatic rings. The third-order valence-electron chi connectivity index (χ3n) is 4.79. The Kier molecular flexibility index (Phi) is 3.33. The van der Waals surface area contributed by atoms with Crippen LogP contribution in [-0.2, 0) is 14.6 Å². The normalized spacial score (nSPS) is 40.6. The molecule has 0 spiro atoms. The number of hydrogen-bond donors (Lipinski definition) is 1. The number of hydrogen-bond acceptors (Lipinski definition) is 4. The summed E-state index contributed by atoms with van der Waals surface area (Å²) in [5.74, 6) is 0.506. The maximum atomic E-state index is 12.4. The minimum Gasteiger partial charge on any atom is -0.393 e. The van der Waals surface area contributed by atoms with Crippen molar-refractivity contribution >= 4 is 15.7 Å². The summed E-state index contributed by atoms with van der Waals surface area (Å²) >= 11 is 0. The zero-order valence-electron chi connectivity index (χ0n) is 11.0. The first-order valence-electron chi connectivity index (χ1n) is 7.14. The van der Waals surface area contributed by atoms with Crippen LogP contribution in [-0.4, -0.2) is 54.0 Å². The summed E-state index contributed by atoms with van der Waals surface area (Å²) in [6.07, 6.45) is 4.05. The van der Waals surface area contributed by atoms with Crippen LogP contribution >= 0.6 is 0 Å². The molecule has 2 bridgehead atoms. The molecule has 3 unspecified atom stereocenters.